The Balaban J connectivity index is 1.15. The van der Waals surface area contributed by atoms with Crippen LogP contribution in [-0.2, 0) is 14.3 Å². The Hall–Kier alpha value is -3.58. The minimum Gasteiger partial charge on any atom is -0.504 e. The van der Waals surface area contributed by atoms with Gasteiger partial charge in [0.1, 0.15) is 0 Å². The van der Waals surface area contributed by atoms with E-state index in [2.05, 4.69) is 21.3 Å². The first-order valence-electron chi connectivity index (χ1n) is 17.0. The molecule has 2 aromatic rings. The molecule has 12 heteroatoms. The van der Waals surface area contributed by atoms with E-state index in [1.165, 1.54) is 7.11 Å². The fraction of sp³-hybridized carbons (Fsp3) is 0.600. The second kappa shape index (κ2) is 17.0. The summed E-state index contributed by atoms with van der Waals surface area (Å²) in [6.45, 7) is 8.64. The van der Waals surface area contributed by atoms with Crippen LogP contribution in [0.15, 0.2) is 24.3 Å². The Bertz CT molecular complexity index is 1370. The number of methoxy groups -OCH3 is 1. The van der Waals surface area contributed by atoms with E-state index in [1.54, 1.807) is 13.0 Å². The smallest absolute Gasteiger partial charge is 0.310 e. The molecule has 0 saturated carbocycles. The maximum Gasteiger partial charge on any atom is 0.310 e. The van der Waals surface area contributed by atoms with Gasteiger partial charge in [0, 0.05) is 18.3 Å². The predicted octanol–water partition coefficient (Wildman–Crippen LogP) is 2.60. The van der Waals surface area contributed by atoms with Crippen LogP contribution in [0.1, 0.15) is 72.7 Å². The van der Waals surface area contributed by atoms with Crippen LogP contribution in [0, 0.1) is 18.8 Å². The van der Waals surface area contributed by atoms with Gasteiger partial charge in [-0.05, 0) is 125 Å². The fourth-order valence-electron chi connectivity index (χ4n) is 6.92. The van der Waals surface area contributed by atoms with Crippen molar-refractivity contribution >= 4 is 11.9 Å². The predicted molar refractivity (Wildman–Crippen MR) is 178 cm³/mol. The summed E-state index contributed by atoms with van der Waals surface area (Å²) in [5, 5.41) is 24.1. The van der Waals surface area contributed by atoms with E-state index < -0.39 is 12.0 Å². The van der Waals surface area contributed by atoms with Crippen LogP contribution in [0.4, 0.5) is 0 Å². The van der Waals surface area contributed by atoms with Crippen molar-refractivity contribution in [3.8, 4) is 23.0 Å². The number of aromatic hydroxyl groups is 1. The number of nitrogens with one attached hydrogen (secondary N) is 4. The molecule has 1 fully saturated rings. The monoisotopic (exact) mass is 653 g/mol. The number of benzene rings is 2. The summed E-state index contributed by atoms with van der Waals surface area (Å²) < 4.78 is 22.5. The molecule has 2 aromatic carbocycles. The van der Waals surface area contributed by atoms with Crippen LogP contribution >= 0.6 is 0 Å². The maximum atomic E-state index is 13.3. The Morgan fingerprint density at radius 1 is 0.894 bits per heavy atom. The third kappa shape index (κ3) is 8.48. The van der Waals surface area contributed by atoms with Crippen molar-refractivity contribution in [1.29, 1.82) is 0 Å². The number of carbonyl (C=O) groups is 2. The highest BCUT2D eigenvalue weighted by atomic mass is 16.7. The van der Waals surface area contributed by atoms with E-state index >= 15 is 0 Å². The minimum atomic E-state index is -0.529. The van der Waals surface area contributed by atoms with Gasteiger partial charge in [-0.2, -0.15) is 0 Å². The van der Waals surface area contributed by atoms with Crippen molar-refractivity contribution in [3.63, 3.8) is 0 Å². The lowest BCUT2D eigenvalue weighted by Crippen LogP contribution is -2.42. The van der Waals surface area contributed by atoms with Gasteiger partial charge in [-0.15, -0.1) is 0 Å². The van der Waals surface area contributed by atoms with Gasteiger partial charge in [-0.25, -0.2) is 0 Å². The van der Waals surface area contributed by atoms with Gasteiger partial charge in [-0.3, -0.25) is 9.59 Å². The largest absolute Gasteiger partial charge is 0.504 e. The summed E-state index contributed by atoms with van der Waals surface area (Å²) in [5.74, 6) is 0.0703. The SMILES string of the molecule is COc1cc(C2c3cc4c(cc3[C@@H](NC(=O)CCCCNCCCNCCCNCCCN)[C@H]3COC(=O)[C@H]23)OCO4)cc(C)c1O. The van der Waals surface area contributed by atoms with Crippen molar-refractivity contribution in [2.45, 2.75) is 57.4 Å². The number of fused-ring (bicyclic) bond motifs is 3. The number of aryl methyl sites for hydroxylation is 1. The molecule has 12 nitrogen and oxygen atoms in total. The van der Waals surface area contributed by atoms with Gasteiger partial charge in [0.05, 0.1) is 25.7 Å². The molecule has 4 atom stereocenters. The molecule has 0 aromatic heterocycles. The quantitative estimate of drug-likeness (QED) is 0.0975. The number of unbranched alkanes of at least 4 members (excludes halogenated alkanes) is 1. The minimum absolute atomic E-state index is 0.0565. The number of phenolic OH excluding ortho intramolecular Hbond substituents is 1. The van der Waals surface area contributed by atoms with Crippen LogP contribution in [0.25, 0.3) is 0 Å². The molecule has 0 bridgehead atoms. The van der Waals surface area contributed by atoms with Crippen LogP contribution < -0.4 is 41.2 Å². The van der Waals surface area contributed by atoms with Gasteiger partial charge in [-0.1, -0.05) is 6.07 Å². The highest BCUT2D eigenvalue weighted by Gasteiger charge is 2.53. The fourth-order valence-corrected chi connectivity index (χ4v) is 6.92. The Labute approximate surface area is 277 Å². The zero-order chi connectivity index (χ0) is 33.2. The Morgan fingerprint density at radius 3 is 2.19 bits per heavy atom. The molecule has 7 N–H and O–H groups in total. The Kier molecular flexibility index (Phi) is 12.6. The van der Waals surface area contributed by atoms with E-state index in [0.717, 1.165) is 94.6 Å². The average molecular weight is 654 g/mol. The van der Waals surface area contributed by atoms with E-state index in [4.69, 9.17) is 24.7 Å². The molecule has 1 unspecified atom stereocenters. The summed E-state index contributed by atoms with van der Waals surface area (Å²) in [7, 11) is 1.51. The zero-order valence-electron chi connectivity index (χ0n) is 27.7. The number of cyclic esters (lactones) is 1. The number of amides is 1. The number of hydrogen-bond acceptors (Lipinski definition) is 11. The number of carbonyl (C=O) groups excluding carboxylic acids is 2. The molecule has 0 radical (unpaired) electrons. The lowest BCUT2D eigenvalue weighted by atomic mass is 9.65. The molecule has 1 aliphatic carbocycles. The van der Waals surface area contributed by atoms with Crippen molar-refractivity contribution in [3.05, 3.63) is 46.5 Å². The zero-order valence-corrected chi connectivity index (χ0v) is 27.7. The van der Waals surface area contributed by atoms with E-state index in [0.29, 0.717) is 29.2 Å². The second-order valence-electron chi connectivity index (χ2n) is 12.6. The summed E-state index contributed by atoms with van der Waals surface area (Å²) in [5.41, 5.74) is 8.72. The van der Waals surface area contributed by atoms with Crippen LogP contribution in [-0.4, -0.2) is 83.3 Å². The summed E-state index contributed by atoms with van der Waals surface area (Å²) in [6, 6.07) is 7.08. The summed E-state index contributed by atoms with van der Waals surface area (Å²) in [4.78, 5) is 26.6. The second-order valence-corrected chi connectivity index (χ2v) is 12.6. The van der Waals surface area contributed by atoms with Crippen molar-refractivity contribution in [2.24, 2.45) is 17.6 Å². The molecule has 3 aliphatic rings. The van der Waals surface area contributed by atoms with Gasteiger partial charge in [0.15, 0.2) is 23.0 Å². The molecule has 2 heterocycles. The number of ether oxygens (including phenoxy) is 4. The van der Waals surface area contributed by atoms with Crippen molar-refractivity contribution in [2.75, 3.05) is 66.3 Å². The molecule has 47 heavy (non-hydrogen) atoms. The van der Waals surface area contributed by atoms with Gasteiger partial charge in [0.2, 0.25) is 12.7 Å². The lowest BCUT2D eigenvalue weighted by molar-refractivity contribution is -0.141. The number of phenols is 1. The topological polar surface area (TPSA) is 165 Å². The lowest BCUT2D eigenvalue weighted by Gasteiger charge is -2.39. The van der Waals surface area contributed by atoms with Crippen molar-refractivity contribution < 1.29 is 33.6 Å². The first-order valence-corrected chi connectivity index (χ1v) is 17.0. The molecule has 0 spiro atoms. The third-order valence-corrected chi connectivity index (χ3v) is 9.35. The van der Waals surface area contributed by atoms with Crippen LogP contribution in [0.3, 0.4) is 0 Å². The molecule has 1 amide bonds. The van der Waals surface area contributed by atoms with Gasteiger partial charge < -0.3 is 51.1 Å². The highest BCUT2D eigenvalue weighted by Crippen LogP contribution is 2.55. The first kappa shape index (κ1) is 34.7. The standard InChI is InChI=1S/C35H51N5O7/c1-22-16-23(17-29(44-2)34(22)42)31-24-18-27-28(47-21-46-27)19-25(24)33(26-20-45-35(43)32(26)31)40-30(41)8-3-4-10-37-12-6-14-39-15-7-13-38-11-5-9-36/h16-19,26,31-33,37-39,42H,3-15,20-21,36H2,1-2H3,(H,40,41)/t26-,31?,32-,33+/m0/s1. The number of rotatable bonds is 19. The number of esters is 1. The molecule has 258 valence electrons. The molecule has 2 aliphatic heterocycles. The third-order valence-electron chi connectivity index (χ3n) is 9.35. The highest BCUT2D eigenvalue weighted by molar-refractivity contribution is 5.81. The molecular formula is C35H51N5O7. The number of hydrogen-bond donors (Lipinski definition) is 6. The molecule has 5 rings (SSSR count). The van der Waals surface area contributed by atoms with E-state index in [9.17, 15) is 14.7 Å². The van der Waals surface area contributed by atoms with Gasteiger partial charge >= 0.3 is 5.97 Å². The average Bonchev–Trinajstić information content (AvgIpc) is 3.69. The maximum absolute atomic E-state index is 13.3. The normalized spacial score (nSPS) is 20.9. The van der Waals surface area contributed by atoms with E-state index in [-0.39, 0.29) is 42.9 Å². The van der Waals surface area contributed by atoms with Crippen molar-refractivity contribution in [1.82, 2.24) is 21.3 Å². The molecule has 1 saturated heterocycles. The van der Waals surface area contributed by atoms with E-state index in [1.807, 2.05) is 18.2 Å². The Morgan fingerprint density at radius 2 is 1.53 bits per heavy atom. The summed E-state index contributed by atoms with van der Waals surface area (Å²) in [6.07, 6.45) is 5.23. The first-order chi connectivity index (χ1) is 22.9. The summed E-state index contributed by atoms with van der Waals surface area (Å²) >= 11 is 0. The van der Waals surface area contributed by atoms with Gasteiger partial charge in [0.25, 0.3) is 0 Å². The van der Waals surface area contributed by atoms with Crippen LogP contribution in [0.2, 0.25) is 0 Å². The van der Waals surface area contributed by atoms with Crippen LogP contribution in [0.5, 0.6) is 23.0 Å². The number of nitrogens with two attached hydrogens (primary N) is 1. The molecular weight excluding hydrogens is 602 g/mol.